The molecular formula is C19H14N2O7. The summed E-state index contributed by atoms with van der Waals surface area (Å²) in [5.74, 6) is -4.37. The second kappa shape index (κ2) is 7.70. The Morgan fingerprint density at radius 3 is 2.54 bits per heavy atom. The number of carboxylic acid groups (broad SMARTS) is 2. The van der Waals surface area contributed by atoms with Gasteiger partial charge in [0.25, 0.3) is 0 Å². The number of aromatic nitrogens is 1. The molecule has 2 heterocycles. The van der Waals surface area contributed by atoms with Crippen molar-refractivity contribution >= 4 is 40.3 Å². The Morgan fingerprint density at radius 1 is 1.11 bits per heavy atom. The maximum absolute atomic E-state index is 12.8. The van der Waals surface area contributed by atoms with Crippen LogP contribution in [-0.4, -0.2) is 38.8 Å². The molecule has 3 aromatic rings. The predicted molar refractivity (Wildman–Crippen MR) is 96.1 cm³/mol. The second-order valence-corrected chi connectivity index (χ2v) is 5.84. The molecule has 28 heavy (non-hydrogen) atoms. The molecule has 1 amide bonds. The summed E-state index contributed by atoms with van der Waals surface area (Å²) in [5, 5.41) is 20.4. The lowest BCUT2D eigenvalue weighted by Gasteiger charge is -2.02. The van der Waals surface area contributed by atoms with Gasteiger partial charge in [-0.3, -0.25) is 19.4 Å². The molecule has 142 valence electrons. The molecule has 0 unspecified atom stereocenters. The molecule has 0 radical (unpaired) electrons. The molecular weight excluding hydrogens is 368 g/mol. The van der Waals surface area contributed by atoms with E-state index < -0.39 is 23.6 Å². The molecule has 0 saturated carbocycles. The van der Waals surface area contributed by atoms with E-state index in [1.54, 1.807) is 12.1 Å². The first kappa shape index (κ1) is 18.8. The van der Waals surface area contributed by atoms with Gasteiger partial charge in [0.1, 0.15) is 5.58 Å². The number of nitrogens with one attached hydrogen (secondary N) is 1. The number of aryl methyl sites for hydroxylation is 1. The molecule has 9 heteroatoms. The molecule has 0 fully saturated rings. The SMILES string of the molecule is O=C(O)CCc1c(C(=O)c2cccnc2)oc2cc(NC(=O)C(=O)O)ccc12. The fourth-order valence-corrected chi connectivity index (χ4v) is 2.70. The summed E-state index contributed by atoms with van der Waals surface area (Å²) < 4.78 is 5.66. The summed E-state index contributed by atoms with van der Waals surface area (Å²) in [6.45, 7) is 0. The van der Waals surface area contributed by atoms with Gasteiger partial charge in [-0.15, -0.1) is 0 Å². The number of hydrogen-bond acceptors (Lipinski definition) is 6. The van der Waals surface area contributed by atoms with Crippen molar-refractivity contribution in [3.8, 4) is 0 Å². The minimum atomic E-state index is -1.64. The van der Waals surface area contributed by atoms with Gasteiger partial charge in [-0.1, -0.05) is 0 Å². The number of fused-ring (bicyclic) bond motifs is 1. The smallest absolute Gasteiger partial charge is 0.394 e. The normalized spacial score (nSPS) is 10.6. The summed E-state index contributed by atoms with van der Waals surface area (Å²) in [7, 11) is 0. The van der Waals surface area contributed by atoms with Gasteiger partial charge in [-0.05, 0) is 30.7 Å². The van der Waals surface area contributed by atoms with E-state index >= 15 is 0 Å². The molecule has 0 aliphatic heterocycles. The highest BCUT2D eigenvalue weighted by atomic mass is 16.4. The van der Waals surface area contributed by atoms with Crippen LogP contribution in [0.15, 0.2) is 47.1 Å². The predicted octanol–water partition coefficient (Wildman–Crippen LogP) is 2.10. The Balaban J connectivity index is 2.06. The van der Waals surface area contributed by atoms with Gasteiger partial charge in [0.2, 0.25) is 5.78 Å². The first-order chi connectivity index (χ1) is 13.4. The van der Waals surface area contributed by atoms with Crippen molar-refractivity contribution in [3.05, 3.63) is 59.6 Å². The lowest BCUT2D eigenvalue weighted by Crippen LogP contribution is -2.21. The number of hydrogen-bond donors (Lipinski definition) is 3. The summed E-state index contributed by atoms with van der Waals surface area (Å²) >= 11 is 0. The molecule has 3 N–H and O–H groups in total. The second-order valence-electron chi connectivity index (χ2n) is 5.84. The quantitative estimate of drug-likeness (QED) is 0.434. The maximum atomic E-state index is 12.8. The van der Waals surface area contributed by atoms with Gasteiger partial charge < -0.3 is 19.9 Å². The Hall–Kier alpha value is -4.01. The van der Waals surface area contributed by atoms with Crippen LogP contribution < -0.4 is 5.32 Å². The molecule has 0 bridgehead atoms. The Morgan fingerprint density at radius 2 is 1.89 bits per heavy atom. The first-order valence-corrected chi connectivity index (χ1v) is 8.13. The van der Waals surface area contributed by atoms with E-state index in [9.17, 15) is 19.2 Å². The lowest BCUT2D eigenvalue weighted by molar-refractivity contribution is -0.147. The zero-order valence-electron chi connectivity index (χ0n) is 14.3. The van der Waals surface area contributed by atoms with Crippen LogP contribution in [0.1, 0.15) is 28.1 Å². The minimum absolute atomic E-state index is 0.0223. The standard InChI is InChI=1S/C19H14N2O7/c22-15(23)6-5-13-12-4-3-11(21-18(25)19(26)27)8-14(12)28-17(13)16(24)10-2-1-7-20-9-10/h1-4,7-9H,5-6H2,(H,21,25)(H,22,23)(H,26,27). The van der Waals surface area contributed by atoms with Crippen LogP contribution >= 0.6 is 0 Å². The maximum Gasteiger partial charge on any atom is 0.394 e. The Labute approximate surface area is 157 Å². The van der Waals surface area contributed by atoms with Crippen LogP contribution in [0.4, 0.5) is 5.69 Å². The Kier molecular flexibility index (Phi) is 5.16. The van der Waals surface area contributed by atoms with E-state index in [0.717, 1.165) is 0 Å². The summed E-state index contributed by atoms with van der Waals surface area (Å²) in [6.07, 6.45) is 2.73. The zero-order chi connectivity index (χ0) is 20.3. The molecule has 3 rings (SSSR count). The molecule has 0 spiro atoms. The van der Waals surface area contributed by atoms with E-state index in [0.29, 0.717) is 10.9 Å². The van der Waals surface area contributed by atoms with Crippen LogP contribution in [0.25, 0.3) is 11.0 Å². The fourth-order valence-electron chi connectivity index (χ4n) is 2.70. The highest BCUT2D eigenvalue weighted by Gasteiger charge is 2.23. The molecule has 0 atom stereocenters. The third-order valence-electron chi connectivity index (χ3n) is 3.96. The zero-order valence-corrected chi connectivity index (χ0v) is 14.3. The number of carboxylic acids is 2. The number of carbonyl (C=O) groups excluding carboxylic acids is 2. The van der Waals surface area contributed by atoms with Gasteiger partial charge in [0, 0.05) is 47.1 Å². The van der Waals surface area contributed by atoms with Crippen LogP contribution in [0.3, 0.4) is 0 Å². The lowest BCUT2D eigenvalue weighted by atomic mass is 10.0. The monoisotopic (exact) mass is 382 g/mol. The number of pyridine rings is 1. The van der Waals surface area contributed by atoms with Crippen LogP contribution in [0.5, 0.6) is 0 Å². The van der Waals surface area contributed by atoms with E-state index in [-0.39, 0.29) is 35.4 Å². The molecule has 9 nitrogen and oxygen atoms in total. The fraction of sp³-hybridized carbons (Fsp3) is 0.105. The average molecular weight is 382 g/mol. The number of rotatable bonds is 6. The van der Waals surface area contributed by atoms with Crippen LogP contribution in [0.2, 0.25) is 0 Å². The molecule has 0 aliphatic rings. The number of anilines is 1. The number of benzene rings is 1. The molecule has 2 aromatic heterocycles. The van der Waals surface area contributed by atoms with Crippen molar-refractivity contribution in [1.82, 2.24) is 4.98 Å². The molecule has 0 aliphatic carbocycles. The highest BCUT2D eigenvalue weighted by molar-refractivity contribution is 6.36. The summed E-state index contributed by atoms with van der Waals surface area (Å²) in [4.78, 5) is 49.7. The highest BCUT2D eigenvalue weighted by Crippen LogP contribution is 2.31. The van der Waals surface area contributed by atoms with Gasteiger partial charge >= 0.3 is 17.8 Å². The Bertz CT molecular complexity index is 1090. The number of nitrogens with zero attached hydrogens (tertiary/aromatic N) is 1. The van der Waals surface area contributed by atoms with E-state index in [1.807, 2.05) is 0 Å². The third kappa shape index (κ3) is 3.88. The van der Waals surface area contributed by atoms with E-state index in [1.165, 1.54) is 30.6 Å². The van der Waals surface area contributed by atoms with E-state index in [2.05, 4.69) is 10.3 Å². The van der Waals surface area contributed by atoms with Crippen molar-refractivity contribution in [2.45, 2.75) is 12.8 Å². The van der Waals surface area contributed by atoms with Crippen molar-refractivity contribution < 1.29 is 33.8 Å². The van der Waals surface area contributed by atoms with Crippen molar-refractivity contribution in [2.75, 3.05) is 5.32 Å². The van der Waals surface area contributed by atoms with Crippen LogP contribution in [0, 0.1) is 0 Å². The topological polar surface area (TPSA) is 147 Å². The first-order valence-electron chi connectivity index (χ1n) is 8.13. The minimum Gasteiger partial charge on any atom is -0.481 e. The van der Waals surface area contributed by atoms with Crippen LogP contribution in [-0.2, 0) is 20.8 Å². The molecule has 0 saturated heterocycles. The van der Waals surface area contributed by atoms with Gasteiger partial charge in [0.05, 0.1) is 0 Å². The number of aliphatic carboxylic acids is 2. The van der Waals surface area contributed by atoms with Crippen molar-refractivity contribution in [2.24, 2.45) is 0 Å². The summed E-state index contributed by atoms with van der Waals surface area (Å²) in [5.41, 5.74) is 1.08. The van der Waals surface area contributed by atoms with Gasteiger partial charge in [0.15, 0.2) is 5.76 Å². The van der Waals surface area contributed by atoms with E-state index in [4.69, 9.17) is 14.6 Å². The third-order valence-corrected chi connectivity index (χ3v) is 3.96. The number of ketones is 1. The molecule has 1 aromatic carbocycles. The number of amides is 1. The van der Waals surface area contributed by atoms with Crippen molar-refractivity contribution in [3.63, 3.8) is 0 Å². The summed E-state index contributed by atoms with van der Waals surface area (Å²) in [6, 6.07) is 7.50. The largest absolute Gasteiger partial charge is 0.481 e. The number of carbonyl (C=O) groups is 4. The van der Waals surface area contributed by atoms with Gasteiger partial charge in [-0.25, -0.2) is 4.79 Å². The average Bonchev–Trinajstić information content (AvgIpc) is 3.04. The number of furan rings is 1. The van der Waals surface area contributed by atoms with Gasteiger partial charge in [-0.2, -0.15) is 0 Å². The van der Waals surface area contributed by atoms with Crippen molar-refractivity contribution in [1.29, 1.82) is 0 Å².